The van der Waals surface area contributed by atoms with Crippen LogP contribution in [0.3, 0.4) is 0 Å². The average Bonchev–Trinajstić information content (AvgIpc) is 2.49. The van der Waals surface area contributed by atoms with Crippen molar-refractivity contribution in [3.05, 3.63) is 16.1 Å². The first-order chi connectivity index (χ1) is 6.51. The van der Waals surface area contributed by atoms with Gasteiger partial charge in [-0.05, 0) is 33.6 Å². The van der Waals surface area contributed by atoms with Crippen LogP contribution in [0, 0.1) is 0 Å². The van der Waals surface area contributed by atoms with Crippen molar-refractivity contribution in [2.45, 2.75) is 52.6 Å². The van der Waals surface area contributed by atoms with E-state index in [0.29, 0.717) is 0 Å². The highest BCUT2D eigenvalue weighted by Crippen LogP contribution is 2.15. The highest BCUT2D eigenvalue weighted by molar-refractivity contribution is 7.11. The summed E-state index contributed by atoms with van der Waals surface area (Å²) in [5.41, 5.74) is 0.189. The van der Waals surface area contributed by atoms with Crippen molar-refractivity contribution >= 4 is 11.3 Å². The fourth-order valence-electron chi connectivity index (χ4n) is 1.11. The van der Waals surface area contributed by atoms with Crippen LogP contribution in [0.4, 0.5) is 0 Å². The SMILES string of the molecule is CCCc1ncc(CNC(C)(C)C)s1. The molecule has 2 nitrogen and oxygen atoms in total. The van der Waals surface area contributed by atoms with Crippen LogP contribution in [0.25, 0.3) is 0 Å². The summed E-state index contributed by atoms with van der Waals surface area (Å²) < 4.78 is 0. The number of hydrogen-bond acceptors (Lipinski definition) is 3. The molecule has 1 rings (SSSR count). The Bertz CT molecular complexity index is 273. The first-order valence-electron chi connectivity index (χ1n) is 5.20. The molecule has 0 aliphatic carbocycles. The fraction of sp³-hybridized carbons (Fsp3) is 0.727. The number of nitrogens with one attached hydrogen (secondary N) is 1. The molecule has 1 heterocycles. The van der Waals surface area contributed by atoms with Crippen molar-refractivity contribution in [3.8, 4) is 0 Å². The van der Waals surface area contributed by atoms with E-state index in [9.17, 15) is 0 Å². The summed E-state index contributed by atoms with van der Waals surface area (Å²) in [7, 11) is 0. The van der Waals surface area contributed by atoms with Gasteiger partial charge in [-0.1, -0.05) is 6.92 Å². The molecule has 14 heavy (non-hydrogen) atoms. The molecule has 0 saturated carbocycles. The highest BCUT2D eigenvalue weighted by atomic mass is 32.1. The Morgan fingerprint density at radius 2 is 2.14 bits per heavy atom. The van der Waals surface area contributed by atoms with E-state index in [2.05, 4.69) is 38.0 Å². The van der Waals surface area contributed by atoms with E-state index in [1.807, 2.05) is 17.5 Å². The molecule has 3 heteroatoms. The van der Waals surface area contributed by atoms with Crippen LogP contribution < -0.4 is 5.32 Å². The first-order valence-corrected chi connectivity index (χ1v) is 6.01. The molecule has 0 atom stereocenters. The maximum atomic E-state index is 4.39. The molecular weight excluding hydrogens is 192 g/mol. The summed E-state index contributed by atoms with van der Waals surface area (Å²) in [5, 5.41) is 4.73. The molecule has 0 aromatic carbocycles. The minimum absolute atomic E-state index is 0.189. The lowest BCUT2D eigenvalue weighted by molar-refractivity contribution is 0.426. The average molecular weight is 212 g/mol. The van der Waals surface area contributed by atoms with Gasteiger partial charge in [-0.25, -0.2) is 4.98 Å². The van der Waals surface area contributed by atoms with Crippen LogP contribution in [0.15, 0.2) is 6.20 Å². The third-order valence-corrected chi connectivity index (χ3v) is 2.92. The minimum atomic E-state index is 0.189. The van der Waals surface area contributed by atoms with Crippen molar-refractivity contribution < 1.29 is 0 Å². The molecule has 0 amide bonds. The molecular formula is C11H20N2S. The maximum absolute atomic E-state index is 4.39. The van der Waals surface area contributed by atoms with Gasteiger partial charge in [0.25, 0.3) is 0 Å². The van der Waals surface area contributed by atoms with Crippen LogP contribution in [0.2, 0.25) is 0 Å². The fourth-order valence-corrected chi connectivity index (χ4v) is 2.08. The van der Waals surface area contributed by atoms with Crippen LogP contribution in [0.1, 0.15) is 44.0 Å². The molecule has 0 radical (unpaired) electrons. The zero-order valence-corrected chi connectivity index (χ0v) is 10.4. The zero-order chi connectivity index (χ0) is 10.6. The summed E-state index contributed by atoms with van der Waals surface area (Å²) in [5.74, 6) is 0. The first kappa shape index (κ1) is 11.7. The number of hydrogen-bond donors (Lipinski definition) is 1. The summed E-state index contributed by atoms with van der Waals surface area (Å²) >= 11 is 1.82. The topological polar surface area (TPSA) is 24.9 Å². The maximum Gasteiger partial charge on any atom is 0.0928 e. The van der Waals surface area contributed by atoms with Gasteiger partial charge in [0.15, 0.2) is 0 Å². The van der Waals surface area contributed by atoms with E-state index in [-0.39, 0.29) is 5.54 Å². The van der Waals surface area contributed by atoms with Gasteiger partial charge in [-0.2, -0.15) is 0 Å². The number of aromatic nitrogens is 1. The standard InChI is InChI=1S/C11H20N2S/c1-5-6-10-12-7-9(14-10)8-13-11(2,3)4/h7,13H,5-6,8H2,1-4H3. The third-order valence-electron chi connectivity index (χ3n) is 1.86. The van der Waals surface area contributed by atoms with Gasteiger partial charge < -0.3 is 5.32 Å². The van der Waals surface area contributed by atoms with E-state index in [4.69, 9.17) is 0 Å². The van der Waals surface area contributed by atoms with Crippen molar-refractivity contribution in [2.75, 3.05) is 0 Å². The number of thiazole rings is 1. The predicted molar refractivity (Wildman–Crippen MR) is 62.7 cm³/mol. The number of aryl methyl sites for hydroxylation is 1. The summed E-state index contributed by atoms with van der Waals surface area (Å²) in [6.45, 7) is 9.67. The quantitative estimate of drug-likeness (QED) is 0.830. The van der Waals surface area contributed by atoms with Gasteiger partial charge in [0.2, 0.25) is 0 Å². The molecule has 0 aliphatic heterocycles. The summed E-state index contributed by atoms with van der Waals surface area (Å²) in [6.07, 6.45) is 4.29. The molecule has 1 aromatic rings. The molecule has 80 valence electrons. The lowest BCUT2D eigenvalue weighted by Gasteiger charge is -2.19. The van der Waals surface area contributed by atoms with Gasteiger partial charge in [-0.3, -0.25) is 0 Å². The van der Waals surface area contributed by atoms with Gasteiger partial charge in [0, 0.05) is 23.2 Å². The van der Waals surface area contributed by atoms with Crippen LogP contribution in [-0.2, 0) is 13.0 Å². The Balaban J connectivity index is 2.44. The second-order valence-corrected chi connectivity index (χ2v) is 5.77. The molecule has 0 aliphatic rings. The second-order valence-electron chi connectivity index (χ2n) is 4.57. The third kappa shape index (κ3) is 4.20. The second kappa shape index (κ2) is 4.89. The Kier molecular flexibility index (Phi) is 4.08. The van der Waals surface area contributed by atoms with Gasteiger partial charge in [0.1, 0.15) is 0 Å². The molecule has 0 spiro atoms. The highest BCUT2D eigenvalue weighted by Gasteiger charge is 2.09. The van der Waals surface area contributed by atoms with Gasteiger partial charge >= 0.3 is 0 Å². The number of rotatable bonds is 4. The van der Waals surface area contributed by atoms with Crippen molar-refractivity contribution in [1.29, 1.82) is 0 Å². The van der Waals surface area contributed by atoms with Gasteiger partial charge in [0.05, 0.1) is 5.01 Å². The Morgan fingerprint density at radius 1 is 1.43 bits per heavy atom. The smallest absolute Gasteiger partial charge is 0.0928 e. The lowest BCUT2D eigenvalue weighted by atomic mass is 10.1. The molecule has 1 N–H and O–H groups in total. The van der Waals surface area contributed by atoms with Crippen LogP contribution in [0.5, 0.6) is 0 Å². The van der Waals surface area contributed by atoms with E-state index in [1.54, 1.807) is 0 Å². The summed E-state index contributed by atoms with van der Waals surface area (Å²) in [6, 6.07) is 0. The molecule has 0 fully saturated rings. The van der Waals surface area contributed by atoms with E-state index < -0.39 is 0 Å². The Hall–Kier alpha value is -0.410. The van der Waals surface area contributed by atoms with Gasteiger partial charge in [-0.15, -0.1) is 11.3 Å². The van der Waals surface area contributed by atoms with E-state index in [0.717, 1.165) is 13.0 Å². The molecule has 1 aromatic heterocycles. The zero-order valence-electron chi connectivity index (χ0n) is 9.55. The Morgan fingerprint density at radius 3 is 2.71 bits per heavy atom. The molecule has 0 unspecified atom stereocenters. The predicted octanol–water partition coefficient (Wildman–Crippen LogP) is 2.98. The van der Waals surface area contributed by atoms with Crippen LogP contribution in [-0.4, -0.2) is 10.5 Å². The van der Waals surface area contributed by atoms with Crippen LogP contribution >= 0.6 is 11.3 Å². The van der Waals surface area contributed by atoms with Crippen molar-refractivity contribution in [2.24, 2.45) is 0 Å². The molecule has 0 bridgehead atoms. The lowest BCUT2D eigenvalue weighted by Crippen LogP contribution is -2.34. The van der Waals surface area contributed by atoms with E-state index >= 15 is 0 Å². The Labute approximate surface area is 90.8 Å². The minimum Gasteiger partial charge on any atom is -0.307 e. The summed E-state index contributed by atoms with van der Waals surface area (Å²) in [4.78, 5) is 5.72. The van der Waals surface area contributed by atoms with E-state index in [1.165, 1.54) is 16.3 Å². The van der Waals surface area contributed by atoms with Crippen molar-refractivity contribution in [1.82, 2.24) is 10.3 Å². The molecule has 0 saturated heterocycles. The monoisotopic (exact) mass is 212 g/mol. The normalized spacial score (nSPS) is 12.0. The largest absolute Gasteiger partial charge is 0.307 e. The van der Waals surface area contributed by atoms with Crippen molar-refractivity contribution in [3.63, 3.8) is 0 Å². The number of nitrogens with zero attached hydrogens (tertiary/aromatic N) is 1.